The highest BCUT2D eigenvalue weighted by Crippen LogP contribution is 2.28. The first-order chi connectivity index (χ1) is 17.2. The van der Waals surface area contributed by atoms with Gasteiger partial charge < -0.3 is 23.6 Å². The Morgan fingerprint density at radius 3 is 2.78 bits per heavy atom. The first-order valence-electron chi connectivity index (χ1n) is 11.9. The molecule has 8 heteroatoms. The Morgan fingerprint density at radius 1 is 1.19 bits per heavy atom. The Kier molecular flexibility index (Phi) is 8.08. The number of fused-ring (bicyclic) bond motifs is 1. The first kappa shape index (κ1) is 25.9. The molecule has 36 heavy (non-hydrogen) atoms. The molecule has 0 aliphatic carbocycles. The zero-order chi connectivity index (χ0) is 25.7. The summed E-state index contributed by atoms with van der Waals surface area (Å²) in [4.78, 5) is 0. The molecule has 0 aliphatic heterocycles. The van der Waals surface area contributed by atoms with Gasteiger partial charge in [-0.05, 0) is 69.2 Å². The number of hydrogen-bond acceptors (Lipinski definition) is 5. The maximum Gasteiger partial charge on any atom is 0.158 e. The highest BCUT2D eigenvalue weighted by Gasteiger charge is 2.18. The van der Waals surface area contributed by atoms with Gasteiger partial charge in [0.2, 0.25) is 0 Å². The van der Waals surface area contributed by atoms with Gasteiger partial charge in [0.25, 0.3) is 0 Å². The molecular formula is C28H32N2O5S. The minimum absolute atomic E-state index is 0.343. The molecular weight excluding hydrogens is 476 g/mol. The van der Waals surface area contributed by atoms with Crippen LogP contribution in [0, 0.1) is 0 Å². The van der Waals surface area contributed by atoms with Gasteiger partial charge in [0.1, 0.15) is 23.3 Å². The molecule has 0 aliphatic rings. The van der Waals surface area contributed by atoms with Gasteiger partial charge in [-0.25, -0.2) is 4.21 Å². The van der Waals surface area contributed by atoms with Crippen molar-refractivity contribution in [3.63, 3.8) is 0 Å². The smallest absolute Gasteiger partial charge is 0.158 e. The molecule has 0 radical (unpaired) electrons. The number of ether oxygens (including phenoxy) is 2. The number of hydrogen-bond donors (Lipinski definition) is 1. The third-order valence-electron chi connectivity index (χ3n) is 5.53. The van der Waals surface area contributed by atoms with Gasteiger partial charge in [-0.3, -0.25) is 0 Å². The lowest BCUT2D eigenvalue weighted by Gasteiger charge is -2.15. The lowest BCUT2D eigenvalue weighted by Crippen LogP contribution is -2.19. The number of aromatic nitrogens is 1. The van der Waals surface area contributed by atoms with E-state index in [0.29, 0.717) is 25.4 Å². The molecule has 0 amide bonds. The molecule has 0 fully saturated rings. The van der Waals surface area contributed by atoms with Crippen molar-refractivity contribution < 1.29 is 23.2 Å². The second-order valence-corrected chi connectivity index (χ2v) is 11.3. The third-order valence-corrected chi connectivity index (χ3v) is 6.87. The zero-order valence-electron chi connectivity index (χ0n) is 21.0. The van der Waals surface area contributed by atoms with Crippen LogP contribution in [-0.4, -0.2) is 37.7 Å². The van der Waals surface area contributed by atoms with Gasteiger partial charge in [0, 0.05) is 42.6 Å². The quantitative estimate of drug-likeness (QED) is 0.223. The molecule has 1 unspecified atom stereocenters. The zero-order valence-corrected chi connectivity index (χ0v) is 21.8. The number of furan rings is 1. The van der Waals surface area contributed by atoms with Gasteiger partial charge in [-0.2, -0.15) is 4.40 Å². The summed E-state index contributed by atoms with van der Waals surface area (Å²) in [5.74, 6) is 0.705. The summed E-state index contributed by atoms with van der Waals surface area (Å²) in [7, 11) is -1.32. The molecule has 2 aromatic heterocycles. The summed E-state index contributed by atoms with van der Waals surface area (Å²) in [5, 5.41) is 11.0. The summed E-state index contributed by atoms with van der Waals surface area (Å²) < 4.78 is 35.2. The summed E-state index contributed by atoms with van der Waals surface area (Å²) >= 11 is 0. The topological polar surface area (TPSA) is 86.2 Å². The second kappa shape index (κ2) is 11.2. The number of rotatable bonds is 10. The van der Waals surface area contributed by atoms with Crippen molar-refractivity contribution >= 4 is 28.2 Å². The SMILES string of the molecule is CCOC(O)Cc1ccccc1OCc1cc(-n2ccc(/C=N\[S@@](=O)C(C)(C)C)c2)c2occc2c1. The van der Waals surface area contributed by atoms with Gasteiger partial charge in [-0.15, -0.1) is 0 Å². The van der Waals surface area contributed by atoms with E-state index < -0.39 is 22.0 Å². The Bertz CT molecular complexity index is 1370. The van der Waals surface area contributed by atoms with Crippen molar-refractivity contribution in [3.8, 4) is 11.4 Å². The van der Waals surface area contributed by atoms with Crippen molar-refractivity contribution in [2.75, 3.05) is 6.61 Å². The van der Waals surface area contributed by atoms with E-state index in [-0.39, 0.29) is 0 Å². The Hall–Kier alpha value is -3.20. The summed E-state index contributed by atoms with van der Waals surface area (Å²) in [5.41, 5.74) is 4.32. The van der Waals surface area contributed by atoms with E-state index in [2.05, 4.69) is 4.40 Å². The van der Waals surface area contributed by atoms with Crippen LogP contribution in [0.25, 0.3) is 16.7 Å². The van der Waals surface area contributed by atoms with Gasteiger partial charge in [-0.1, -0.05) is 18.2 Å². The normalized spacial score (nSPS) is 13.9. The van der Waals surface area contributed by atoms with Crippen molar-refractivity contribution in [1.29, 1.82) is 0 Å². The van der Waals surface area contributed by atoms with E-state index in [4.69, 9.17) is 13.9 Å². The average Bonchev–Trinajstić information content (AvgIpc) is 3.50. The average molecular weight is 509 g/mol. The molecule has 2 aromatic carbocycles. The largest absolute Gasteiger partial charge is 0.489 e. The Labute approximate surface area is 214 Å². The molecule has 4 rings (SSSR count). The highest BCUT2D eigenvalue weighted by atomic mass is 32.2. The second-order valence-electron chi connectivity index (χ2n) is 9.41. The minimum atomic E-state index is -1.32. The van der Waals surface area contributed by atoms with Crippen LogP contribution in [0.1, 0.15) is 44.4 Å². The van der Waals surface area contributed by atoms with E-state index in [1.807, 2.05) is 93.2 Å². The predicted octanol–water partition coefficient (Wildman–Crippen LogP) is 5.58. The van der Waals surface area contributed by atoms with Crippen molar-refractivity contribution in [2.24, 2.45) is 4.40 Å². The summed E-state index contributed by atoms with van der Waals surface area (Å²) in [6.07, 6.45) is 6.63. The standard InChI is InChI=1S/C28H32N2O5S/c1-5-33-26(31)16-22-8-6-7-9-25(22)35-19-21-14-23-11-13-34-27(23)24(15-21)30-12-10-20(18-30)17-29-36(32)28(2,3)4/h6-15,17-18,26,31H,5,16,19H2,1-4H3/b29-17-/t26?,36-/m0/s1. The molecule has 2 atom stereocenters. The van der Waals surface area contributed by atoms with E-state index in [1.165, 1.54) is 0 Å². The molecule has 0 saturated carbocycles. The fourth-order valence-corrected chi connectivity index (χ4v) is 4.25. The molecule has 1 N–H and O–H groups in total. The lowest BCUT2D eigenvalue weighted by atomic mass is 10.1. The van der Waals surface area contributed by atoms with E-state index in [0.717, 1.165) is 33.3 Å². The number of nitrogens with zero attached hydrogens (tertiary/aromatic N) is 2. The Balaban J connectivity index is 1.56. The van der Waals surface area contributed by atoms with Crippen LogP contribution < -0.4 is 4.74 Å². The van der Waals surface area contributed by atoms with Crippen LogP contribution >= 0.6 is 0 Å². The highest BCUT2D eigenvalue weighted by molar-refractivity contribution is 7.85. The van der Waals surface area contributed by atoms with E-state index in [9.17, 15) is 9.32 Å². The number of benzene rings is 2. The molecule has 2 heterocycles. The van der Waals surface area contributed by atoms with E-state index >= 15 is 0 Å². The molecule has 0 saturated heterocycles. The lowest BCUT2D eigenvalue weighted by molar-refractivity contribution is -0.0930. The molecule has 0 spiro atoms. The first-order valence-corrected chi connectivity index (χ1v) is 13.0. The fourth-order valence-electron chi connectivity index (χ4n) is 3.72. The van der Waals surface area contributed by atoms with Gasteiger partial charge in [0.05, 0.1) is 16.7 Å². The number of aliphatic hydroxyl groups excluding tert-OH is 1. The minimum Gasteiger partial charge on any atom is -0.489 e. The molecule has 4 aromatic rings. The van der Waals surface area contributed by atoms with Crippen LogP contribution in [-0.2, 0) is 28.8 Å². The van der Waals surface area contributed by atoms with Crippen LogP contribution in [0.3, 0.4) is 0 Å². The van der Waals surface area contributed by atoms with Crippen LogP contribution in [0.15, 0.2) is 76.0 Å². The third kappa shape index (κ3) is 6.32. The van der Waals surface area contributed by atoms with Gasteiger partial charge in [0.15, 0.2) is 11.9 Å². The van der Waals surface area contributed by atoms with Crippen LogP contribution in [0.2, 0.25) is 0 Å². The maximum absolute atomic E-state index is 12.3. The number of aliphatic hydroxyl groups is 1. The van der Waals surface area contributed by atoms with Crippen molar-refractivity contribution in [1.82, 2.24) is 4.57 Å². The molecule has 7 nitrogen and oxygen atoms in total. The monoisotopic (exact) mass is 508 g/mol. The molecule has 0 bridgehead atoms. The summed E-state index contributed by atoms with van der Waals surface area (Å²) in [6, 6.07) is 15.6. The van der Waals surface area contributed by atoms with Crippen LogP contribution in [0.4, 0.5) is 0 Å². The van der Waals surface area contributed by atoms with Crippen LogP contribution in [0.5, 0.6) is 5.75 Å². The maximum atomic E-state index is 12.3. The summed E-state index contributed by atoms with van der Waals surface area (Å²) in [6.45, 7) is 8.32. The van der Waals surface area contributed by atoms with Crippen molar-refractivity contribution in [2.45, 2.75) is 51.8 Å². The molecule has 190 valence electrons. The predicted molar refractivity (Wildman–Crippen MR) is 143 cm³/mol. The van der Waals surface area contributed by atoms with Crippen molar-refractivity contribution in [3.05, 3.63) is 83.9 Å². The Morgan fingerprint density at radius 2 is 2.00 bits per heavy atom. The fraction of sp³-hybridized carbons (Fsp3) is 0.321. The number of para-hydroxylation sites is 1. The van der Waals surface area contributed by atoms with Gasteiger partial charge >= 0.3 is 0 Å². The van der Waals surface area contributed by atoms with E-state index in [1.54, 1.807) is 12.5 Å².